The van der Waals surface area contributed by atoms with Crippen LogP contribution in [0.1, 0.15) is 34.1 Å². The summed E-state index contributed by atoms with van der Waals surface area (Å²) in [5, 5.41) is 4.26. The molecule has 3 heteroatoms. The summed E-state index contributed by atoms with van der Waals surface area (Å²) in [6.45, 7) is 0.852. The zero-order valence-electron chi connectivity index (χ0n) is 12.2. The molecule has 0 spiro atoms. The fourth-order valence-corrected chi connectivity index (χ4v) is 4.23. The third-order valence-electron chi connectivity index (χ3n) is 4.41. The van der Waals surface area contributed by atoms with E-state index in [4.69, 9.17) is 0 Å². The highest BCUT2D eigenvalue weighted by atomic mass is 32.1. The standard InChI is InChI=1S/C19H17NOS/c21-19(16-9-3-7-14-6-1-2-8-15(14)16)20-12-4-10-17(20)18-11-5-13-22-18/h1-3,5-9,11,13,17H,4,10,12H2/t17-/m1/s1. The largest absolute Gasteiger partial charge is 0.331 e. The number of thiophene rings is 1. The summed E-state index contributed by atoms with van der Waals surface area (Å²) in [5.74, 6) is 0.160. The molecule has 1 aromatic heterocycles. The van der Waals surface area contributed by atoms with Gasteiger partial charge < -0.3 is 4.90 Å². The van der Waals surface area contributed by atoms with E-state index in [1.165, 1.54) is 4.88 Å². The maximum Gasteiger partial charge on any atom is 0.255 e. The van der Waals surface area contributed by atoms with Gasteiger partial charge in [-0.25, -0.2) is 0 Å². The van der Waals surface area contributed by atoms with Gasteiger partial charge >= 0.3 is 0 Å². The van der Waals surface area contributed by atoms with Crippen LogP contribution in [-0.4, -0.2) is 17.4 Å². The highest BCUT2D eigenvalue weighted by Crippen LogP contribution is 2.36. The molecule has 1 fully saturated rings. The second kappa shape index (κ2) is 5.58. The number of carbonyl (C=O) groups excluding carboxylic acids is 1. The maximum absolute atomic E-state index is 13.1. The summed E-state index contributed by atoms with van der Waals surface area (Å²) in [6.07, 6.45) is 2.15. The molecule has 22 heavy (non-hydrogen) atoms. The third-order valence-corrected chi connectivity index (χ3v) is 5.38. The summed E-state index contributed by atoms with van der Waals surface area (Å²) in [6, 6.07) is 18.6. The van der Waals surface area contributed by atoms with E-state index in [0.717, 1.165) is 35.7 Å². The van der Waals surface area contributed by atoms with E-state index >= 15 is 0 Å². The van der Waals surface area contributed by atoms with E-state index in [1.807, 2.05) is 35.2 Å². The summed E-state index contributed by atoms with van der Waals surface area (Å²) >= 11 is 1.75. The summed E-state index contributed by atoms with van der Waals surface area (Å²) in [7, 11) is 0. The van der Waals surface area contributed by atoms with E-state index in [-0.39, 0.29) is 11.9 Å². The van der Waals surface area contributed by atoms with Gasteiger partial charge in [0.1, 0.15) is 0 Å². The molecule has 1 saturated heterocycles. The fraction of sp³-hybridized carbons (Fsp3) is 0.211. The van der Waals surface area contributed by atoms with Gasteiger partial charge in [0.15, 0.2) is 0 Å². The maximum atomic E-state index is 13.1. The lowest BCUT2D eigenvalue weighted by atomic mass is 10.0. The smallest absolute Gasteiger partial charge is 0.255 e. The van der Waals surface area contributed by atoms with Crippen molar-refractivity contribution in [1.82, 2.24) is 4.90 Å². The molecule has 110 valence electrons. The van der Waals surface area contributed by atoms with Crippen LogP contribution < -0.4 is 0 Å². The average Bonchev–Trinajstić information content (AvgIpc) is 3.24. The van der Waals surface area contributed by atoms with Crippen LogP contribution >= 0.6 is 11.3 Å². The van der Waals surface area contributed by atoms with Crippen molar-refractivity contribution in [2.75, 3.05) is 6.54 Å². The molecule has 0 saturated carbocycles. The molecule has 1 atom stereocenters. The van der Waals surface area contributed by atoms with Crippen molar-refractivity contribution >= 4 is 28.0 Å². The number of amides is 1. The monoisotopic (exact) mass is 307 g/mol. The Morgan fingerprint density at radius 1 is 1.05 bits per heavy atom. The summed E-state index contributed by atoms with van der Waals surface area (Å²) < 4.78 is 0. The number of hydrogen-bond acceptors (Lipinski definition) is 2. The molecular weight excluding hydrogens is 290 g/mol. The number of likely N-dealkylation sites (tertiary alicyclic amines) is 1. The molecule has 4 rings (SSSR count). The lowest BCUT2D eigenvalue weighted by Crippen LogP contribution is -2.30. The first-order valence-corrected chi connectivity index (χ1v) is 8.55. The van der Waals surface area contributed by atoms with Crippen molar-refractivity contribution in [3.63, 3.8) is 0 Å². The van der Waals surface area contributed by atoms with Gasteiger partial charge in [-0.2, -0.15) is 0 Å². The minimum absolute atomic E-state index is 0.160. The molecule has 0 radical (unpaired) electrons. The van der Waals surface area contributed by atoms with Crippen LogP contribution in [-0.2, 0) is 0 Å². The van der Waals surface area contributed by atoms with Gasteiger partial charge in [0, 0.05) is 17.0 Å². The number of hydrogen-bond donors (Lipinski definition) is 0. The SMILES string of the molecule is O=C(c1cccc2ccccc12)N1CCC[C@@H]1c1cccs1. The molecule has 3 aromatic rings. The van der Waals surface area contributed by atoms with E-state index in [1.54, 1.807) is 11.3 Å². The number of nitrogens with zero attached hydrogens (tertiary/aromatic N) is 1. The van der Waals surface area contributed by atoms with Crippen molar-refractivity contribution in [1.29, 1.82) is 0 Å². The first kappa shape index (κ1) is 13.5. The first-order chi connectivity index (χ1) is 10.8. The molecule has 0 aliphatic carbocycles. The molecule has 0 bridgehead atoms. The summed E-state index contributed by atoms with van der Waals surface area (Å²) in [4.78, 5) is 16.4. The summed E-state index contributed by atoms with van der Waals surface area (Å²) in [5.41, 5.74) is 0.821. The fourth-order valence-electron chi connectivity index (χ4n) is 3.35. The third kappa shape index (κ3) is 2.22. The normalized spacial score (nSPS) is 18.0. The Hall–Kier alpha value is -2.13. The van der Waals surface area contributed by atoms with Gasteiger partial charge in [0.25, 0.3) is 5.91 Å². The minimum atomic E-state index is 0.160. The molecule has 2 nitrogen and oxygen atoms in total. The highest BCUT2D eigenvalue weighted by molar-refractivity contribution is 7.10. The number of rotatable bonds is 2. The van der Waals surface area contributed by atoms with E-state index in [9.17, 15) is 4.79 Å². The van der Waals surface area contributed by atoms with Gasteiger partial charge in [-0.1, -0.05) is 42.5 Å². The molecule has 1 aliphatic heterocycles. The van der Waals surface area contributed by atoms with Gasteiger partial charge in [0.05, 0.1) is 6.04 Å². The Bertz CT molecular complexity index is 804. The minimum Gasteiger partial charge on any atom is -0.331 e. The molecule has 1 amide bonds. The number of fused-ring (bicyclic) bond motifs is 1. The van der Waals surface area contributed by atoms with Crippen molar-refractivity contribution in [2.45, 2.75) is 18.9 Å². The Morgan fingerprint density at radius 2 is 1.91 bits per heavy atom. The van der Waals surface area contributed by atoms with Crippen LogP contribution in [0.15, 0.2) is 60.0 Å². The van der Waals surface area contributed by atoms with Crippen molar-refractivity contribution in [2.24, 2.45) is 0 Å². The zero-order chi connectivity index (χ0) is 14.9. The van der Waals surface area contributed by atoms with Crippen LogP contribution in [0.4, 0.5) is 0 Å². The second-order valence-electron chi connectivity index (χ2n) is 5.70. The van der Waals surface area contributed by atoms with Crippen molar-refractivity contribution in [3.05, 3.63) is 70.4 Å². The Morgan fingerprint density at radius 3 is 2.77 bits per heavy atom. The van der Waals surface area contributed by atoms with Gasteiger partial charge in [0.2, 0.25) is 0 Å². The number of benzene rings is 2. The first-order valence-electron chi connectivity index (χ1n) is 7.67. The van der Waals surface area contributed by atoms with Crippen LogP contribution in [0.3, 0.4) is 0 Å². The highest BCUT2D eigenvalue weighted by Gasteiger charge is 2.31. The predicted octanol–water partition coefficient (Wildman–Crippen LogP) is 4.88. The lowest BCUT2D eigenvalue weighted by Gasteiger charge is -2.24. The van der Waals surface area contributed by atoms with Crippen LogP contribution in [0.2, 0.25) is 0 Å². The Labute approximate surface area is 134 Å². The number of carbonyl (C=O) groups is 1. The average molecular weight is 307 g/mol. The van der Waals surface area contributed by atoms with E-state index < -0.39 is 0 Å². The van der Waals surface area contributed by atoms with Crippen LogP contribution in [0.5, 0.6) is 0 Å². The molecule has 2 heterocycles. The van der Waals surface area contributed by atoms with Gasteiger partial charge in [-0.3, -0.25) is 4.79 Å². The molecule has 0 N–H and O–H groups in total. The Balaban J connectivity index is 1.74. The molecule has 2 aromatic carbocycles. The lowest BCUT2D eigenvalue weighted by molar-refractivity contribution is 0.0740. The predicted molar refractivity (Wildman–Crippen MR) is 91.3 cm³/mol. The zero-order valence-corrected chi connectivity index (χ0v) is 13.1. The van der Waals surface area contributed by atoms with Crippen LogP contribution in [0.25, 0.3) is 10.8 Å². The van der Waals surface area contributed by atoms with Crippen molar-refractivity contribution < 1.29 is 4.79 Å². The molecule has 0 unspecified atom stereocenters. The van der Waals surface area contributed by atoms with Crippen molar-refractivity contribution in [3.8, 4) is 0 Å². The van der Waals surface area contributed by atoms with Gasteiger partial charge in [-0.05, 0) is 41.1 Å². The molecular formula is C19H17NOS. The van der Waals surface area contributed by atoms with Crippen LogP contribution in [0, 0.1) is 0 Å². The second-order valence-corrected chi connectivity index (χ2v) is 6.68. The quantitative estimate of drug-likeness (QED) is 0.661. The van der Waals surface area contributed by atoms with E-state index in [0.29, 0.717) is 0 Å². The topological polar surface area (TPSA) is 20.3 Å². The Kier molecular flexibility index (Phi) is 3.43. The molecule has 1 aliphatic rings. The van der Waals surface area contributed by atoms with Gasteiger partial charge in [-0.15, -0.1) is 11.3 Å². The van der Waals surface area contributed by atoms with E-state index in [2.05, 4.69) is 29.6 Å².